The molecule has 1 aliphatic rings. The van der Waals surface area contributed by atoms with Crippen LogP contribution >= 0.6 is 0 Å². The molecule has 0 bridgehead atoms. The number of nitrogens with two attached hydrogens (primary N) is 2. The van der Waals surface area contributed by atoms with Crippen LogP contribution in [0, 0.1) is 0 Å². The van der Waals surface area contributed by atoms with E-state index in [1.807, 2.05) is 41.2 Å². The number of urea groups is 1. The van der Waals surface area contributed by atoms with Gasteiger partial charge in [-0.1, -0.05) is 30.7 Å². The summed E-state index contributed by atoms with van der Waals surface area (Å²) in [5.41, 5.74) is 14.9. The van der Waals surface area contributed by atoms with Crippen molar-refractivity contribution in [2.24, 2.45) is 11.5 Å². The number of imidazole rings is 1. The van der Waals surface area contributed by atoms with Crippen molar-refractivity contribution in [3.05, 3.63) is 48.7 Å². The molecule has 5 atom stereocenters. The number of amides is 2. The Labute approximate surface area is 221 Å². The molecule has 13 nitrogen and oxygen atoms in total. The fraction of sp³-hybridized carbons (Fsp3) is 0.520. The monoisotopic (exact) mass is 527 g/mol. The maximum absolute atomic E-state index is 12.0. The Morgan fingerprint density at radius 1 is 1.21 bits per heavy atom. The number of rotatable bonds is 11. The van der Waals surface area contributed by atoms with Crippen molar-refractivity contribution in [3.63, 3.8) is 0 Å². The fourth-order valence-electron chi connectivity index (χ4n) is 4.41. The highest BCUT2D eigenvalue weighted by atomic mass is 16.5. The second-order valence-electron chi connectivity index (χ2n) is 9.60. The molecule has 0 radical (unpaired) electrons. The Morgan fingerprint density at radius 3 is 2.87 bits per heavy atom. The highest BCUT2D eigenvalue weighted by Gasteiger charge is 2.41. The van der Waals surface area contributed by atoms with Crippen LogP contribution in [0.4, 0.5) is 10.5 Å². The number of unbranched alkanes of at least 4 members (excludes halogenated alkanes) is 1. The van der Waals surface area contributed by atoms with Gasteiger partial charge in [-0.25, -0.2) is 14.5 Å². The Balaban J connectivity index is 1.28. The summed E-state index contributed by atoms with van der Waals surface area (Å²) < 4.78 is 9.30. The van der Waals surface area contributed by atoms with Crippen LogP contribution in [0.5, 0.6) is 0 Å². The number of hydrogen-bond donors (Lipinski definition) is 6. The molecule has 0 spiro atoms. The third-order valence-electron chi connectivity index (χ3n) is 6.52. The number of aliphatic hydroxyl groups excluding tert-OH is 2. The van der Waals surface area contributed by atoms with E-state index in [2.05, 4.69) is 32.9 Å². The van der Waals surface area contributed by atoms with Gasteiger partial charge in [0.15, 0.2) is 0 Å². The van der Waals surface area contributed by atoms with Crippen LogP contribution < -0.4 is 22.1 Å². The van der Waals surface area contributed by atoms with E-state index < -0.39 is 30.4 Å². The molecule has 8 N–H and O–H groups in total. The van der Waals surface area contributed by atoms with E-state index in [1.165, 1.54) is 0 Å². The van der Waals surface area contributed by atoms with Crippen molar-refractivity contribution in [3.8, 4) is 11.3 Å². The SMILES string of the molecule is CCCCNC(=O)Nc1cccc(-c2cn(Cc3cn(CCO[C@H]4[C@H](O)[C@@H](O)[C@H](N)C[C@@H]4N)nn3)cn2)c1. The van der Waals surface area contributed by atoms with Gasteiger partial charge in [-0.2, -0.15) is 0 Å². The van der Waals surface area contributed by atoms with Crippen LogP contribution in [-0.4, -0.2) is 84.3 Å². The number of aliphatic hydroxyl groups is 2. The maximum atomic E-state index is 12.0. The zero-order valence-corrected chi connectivity index (χ0v) is 21.5. The van der Waals surface area contributed by atoms with Crippen molar-refractivity contribution >= 4 is 11.7 Å². The minimum atomic E-state index is -1.13. The molecule has 2 heterocycles. The number of anilines is 1. The van der Waals surface area contributed by atoms with Crippen LogP contribution in [0.2, 0.25) is 0 Å². The number of hydrogen-bond acceptors (Lipinski definition) is 9. The smallest absolute Gasteiger partial charge is 0.319 e. The minimum Gasteiger partial charge on any atom is -0.389 e. The molecule has 1 fully saturated rings. The van der Waals surface area contributed by atoms with Gasteiger partial charge < -0.3 is 41.6 Å². The third-order valence-corrected chi connectivity index (χ3v) is 6.52. The molecule has 0 saturated heterocycles. The van der Waals surface area contributed by atoms with Gasteiger partial charge in [0.25, 0.3) is 0 Å². The lowest BCUT2D eigenvalue weighted by molar-refractivity contribution is -0.128. The van der Waals surface area contributed by atoms with E-state index >= 15 is 0 Å². The predicted octanol–water partition coefficient (Wildman–Crippen LogP) is 0.277. The molecule has 38 heavy (non-hydrogen) atoms. The third kappa shape index (κ3) is 7.14. The topological polar surface area (TPSA) is 191 Å². The first-order valence-electron chi connectivity index (χ1n) is 12.9. The Hall–Kier alpha value is -3.36. The second kappa shape index (κ2) is 12.9. The van der Waals surface area contributed by atoms with E-state index in [-0.39, 0.29) is 12.6 Å². The Bertz CT molecular complexity index is 1180. The van der Waals surface area contributed by atoms with Gasteiger partial charge in [0, 0.05) is 36.1 Å². The van der Waals surface area contributed by atoms with Crippen LogP contribution in [0.15, 0.2) is 43.0 Å². The van der Waals surface area contributed by atoms with Gasteiger partial charge in [-0.15, -0.1) is 5.10 Å². The van der Waals surface area contributed by atoms with E-state index in [4.69, 9.17) is 16.2 Å². The Kier molecular flexibility index (Phi) is 9.42. The molecule has 1 aliphatic carbocycles. The zero-order valence-electron chi connectivity index (χ0n) is 21.5. The minimum absolute atomic E-state index is 0.228. The van der Waals surface area contributed by atoms with Crippen LogP contribution in [0.3, 0.4) is 0 Å². The zero-order chi connectivity index (χ0) is 27.1. The summed E-state index contributed by atoms with van der Waals surface area (Å²) in [6.45, 7) is 3.84. The van der Waals surface area contributed by atoms with Crippen molar-refractivity contribution in [1.82, 2.24) is 29.9 Å². The van der Waals surface area contributed by atoms with E-state index in [0.29, 0.717) is 31.7 Å². The lowest BCUT2D eigenvalue weighted by Crippen LogP contribution is -2.62. The number of aromatic nitrogens is 5. The molecular weight excluding hydrogens is 490 g/mol. The number of benzene rings is 1. The second-order valence-corrected chi connectivity index (χ2v) is 9.60. The lowest BCUT2D eigenvalue weighted by atomic mass is 9.85. The molecule has 4 rings (SSSR count). The fourth-order valence-corrected chi connectivity index (χ4v) is 4.41. The molecule has 13 heteroatoms. The molecule has 3 aromatic rings. The summed E-state index contributed by atoms with van der Waals surface area (Å²) in [7, 11) is 0. The van der Waals surface area contributed by atoms with Crippen molar-refractivity contribution in [2.75, 3.05) is 18.5 Å². The van der Waals surface area contributed by atoms with Gasteiger partial charge in [0.1, 0.15) is 17.9 Å². The van der Waals surface area contributed by atoms with E-state index in [0.717, 1.165) is 29.8 Å². The van der Waals surface area contributed by atoms with Crippen LogP contribution in [-0.2, 0) is 17.8 Å². The summed E-state index contributed by atoms with van der Waals surface area (Å²) in [6, 6.07) is 6.27. The molecule has 0 unspecified atom stereocenters. The summed E-state index contributed by atoms with van der Waals surface area (Å²) in [6.07, 6.45) is 4.88. The van der Waals surface area contributed by atoms with E-state index in [9.17, 15) is 15.0 Å². The van der Waals surface area contributed by atoms with Crippen molar-refractivity contribution in [1.29, 1.82) is 0 Å². The van der Waals surface area contributed by atoms with Crippen LogP contribution in [0.1, 0.15) is 31.9 Å². The summed E-state index contributed by atoms with van der Waals surface area (Å²) in [5, 5.41) is 34.2. The van der Waals surface area contributed by atoms with Gasteiger partial charge >= 0.3 is 6.03 Å². The molecule has 206 valence electrons. The Morgan fingerprint density at radius 2 is 2.05 bits per heavy atom. The molecule has 1 saturated carbocycles. The van der Waals surface area contributed by atoms with E-state index in [1.54, 1.807) is 11.0 Å². The summed E-state index contributed by atoms with van der Waals surface area (Å²) in [5.74, 6) is 0. The first kappa shape index (κ1) is 27.7. The highest BCUT2D eigenvalue weighted by molar-refractivity contribution is 5.89. The first-order valence-corrected chi connectivity index (χ1v) is 12.9. The average Bonchev–Trinajstić information content (AvgIpc) is 3.55. The van der Waals surface area contributed by atoms with Gasteiger partial charge in [0.2, 0.25) is 0 Å². The maximum Gasteiger partial charge on any atom is 0.319 e. The quantitative estimate of drug-likeness (QED) is 0.190. The number of carbonyl (C=O) groups is 1. The first-order chi connectivity index (χ1) is 18.3. The largest absolute Gasteiger partial charge is 0.389 e. The van der Waals surface area contributed by atoms with Crippen molar-refractivity contribution in [2.45, 2.75) is 69.7 Å². The molecule has 0 aliphatic heterocycles. The predicted molar refractivity (Wildman–Crippen MR) is 141 cm³/mol. The van der Waals surface area contributed by atoms with Crippen molar-refractivity contribution < 1.29 is 19.7 Å². The summed E-state index contributed by atoms with van der Waals surface area (Å²) >= 11 is 0. The summed E-state index contributed by atoms with van der Waals surface area (Å²) in [4.78, 5) is 16.5. The number of carbonyl (C=O) groups excluding carboxylic acids is 1. The highest BCUT2D eigenvalue weighted by Crippen LogP contribution is 2.22. The average molecular weight is 528 g/mol. The van der Waals surface area contributed by atoms with Gasteiger partial charge in [-0.3, -0.25) is 0 Å². The normalized spacial score (nSPS) is 23.3. The molecule has 1 aromatic carbocycles. The van der Waals surface area contributed by atoms with Gasteiger partial charge in [-0.05, 0) is 25.0 Å². The van der Waals surface area contributed by atoms with Crippen LogP contribution in [0.25, 0.3) is 11.3 Å². The lowest BCUT2D eigenvalue weighted by Gasteiger charge is -2.39. The van der Waals surface area contributed by atoms with Gasteiger partial charge in [0.05, 0.1) is 44.0 Å². The number of nitrogens with zero attached hydrogens (tertiary/aromatic N) is 5. The molecular formula is C25H37N9O4. The number of nitrogens with one attached hydrogen (secondary N) is 2. The standard InChI is InChI=1S/C25H37N9O4/c1-2-3-7-28-25(37)30-17-6-4-5-16(10-17)21-14-33(15-29-21)12-18-13-34(32-31-18)8-9-38-24-20(27)11-19(26)22(35)23(24)36/h4-6,10,13-15,19-20,22-24,35-36H,2-3,7-9,11-12,26-27H2,1H3,(H2,28,30,37)/t19-,20+,22+,23-,24-/m1/s1. The molecule has 2 aromatic heterocycles. The number of ether oxygens (including phenoxy) is 1. The molecule has 2 amide bonds.